The van der Waals surface area contributed by atoms with Gasteiger partial charge < -0.3 is 5.32 Å². The van der Waals surface area contributed by atoms with Gasteiger partial charge >= 0.3 is 0 Å². The summed E-state index contributed by atoms with van der Waals surface area (Å²) in [6, 6.07) is 0.446. The van der Waals surface area contributed by atoms with E-state index in [1.54, 1.807) is 0 Å². The molecule has 1 heterocycles. The standard InChI is InChI=1S/C9H17NO/c1-3-7(2)9-6-8(11)4-5-10-9/h7,9-10H,3-6H2,1-2H3. The van der Waals surface area contributed by atoms with Crippen LogP contribution in [0, 0.1) is 5.92 Å². The number of carbonyl (C=O) groups is 1. The Morgan fingerprint density at radius 3 is 3.00 bits per heavy atom. The van der Waals surface area contributed by atoms with Gasteiger partial charge in [0.25, 0.3) is 0 Å². The van der Waals surface area contributed by atoms with Crippen molar-refractivity contribution >= 4 is 5.78 Å². The second-order valence-corrected chi connectivity index (χ2v) is 3.44. The van der Waals surface area contributed by atoms with Crippen LogP contribution in [0.25, 0.3) is 0 Å². The Morgan fingerprint density at radius 2 is 2.45 bits per heavy atom. The first-order valence-electron chi connectivity index (χ1n) is 4.49. The van der Waals surface area contributed by atoms with Gasteiger partial charge in [-0.1, -0.05) is 20.3 Å². The normalized spacial score (nSPS) is 28.5. The molecule has 0 aliphatic carbocycles. The molecule has 11 heavy (non-hydrogen) atoms. The van der Waals surface area contributed by atoms with Crippen molar-refractivity contribution in [1.29, 1.82) is 0 Å². The second kappa shape index (κ2) is 3.86. The predicted octanol–water partition coefficient (Wildman–Crippen LogP) is 1.35. The summed E-state index contributed by atoms with van der Waals surface area (Å²) in [4.78, 5) is 11.1. The summed E-state index contributed by atoms with van der Waals surface area (Å²) in [6.45, 7) is 5.26. The third-order valence-corrected chi connectivity index (χ3v) is 2.59. The fourth-order valence-corrected chi connectivity index (χ4v) is 1.50. The molecule has 2 unspecified atom stereocenters. The Labute approximate surface area is 68.4 Å². The fourth-order valence-electron chi connectivity index (χ4n) is 1.50. The van der Waals surface area contributed by atoms with Gasteiger partial charge in [0.2, 0.25) is 0 Å². The van der Waals surface area contributed by atoms with E-state index in [1.807, 2.05) is 0 Å². The van der Waals surface area contributed by atoms with E-state index in [9.17, 15) is 4.79 Å². The molecule has 2 nitrogen and oxygen atoms in total. The Morgan fingerprint density at radius 1 is 1.73 bits per heavy atom. The molecule has 0 spiro atoms. The first-order chi connectivity index (χ1) is 5.24. The van der Waals surface area contributed by atoms with Crippen molar-refractivity contribution in [2.45, 2.75) is 39.2 Å². The van der Waals surface area contributed by atoms with E-state index in [4.69, 9.17) is 0 Å². The molecule has 1 N–H and O–H groups in total. The van der Waals surface area contributed by atoms with Crippen molar-refractivity contribution in [3.8, 4) is 0 Å². The summed E-state index contributed by atoms with van der Waals surface area (Å²) in [6.07, 6.45) is 2.63. The molecule has 0 aromatic rings. The minimum Gasteiger partial charge on any atom is -0.313 e. The lowest BCUT2D eigenvalue weighted by Crippen LogP contribution is -2.42. The van der Waals surface area contributed by atoms with Crippen LogP contribution in [-0.4, -0.2) is 18.4 Å². The van der Waals surface area contributed by atoms with Crippen LogP contribution < -0.4 is 5.32 Å². The van der Waals surface area contributed by atoms with Crippen molar-refractivity contribution in [2.75, 3.05) is 6.54 Å². The third kappa shape index (κ3) is 2.29. The van der Waals surface area contributed by atoms with E-state index in [2.05, 4.69) is 19.2 Å². The molecule has 1 fully saturated rings. The van der Waals surface area contributed by atoms with Gasteiger partial charge in [0.15, 0.2) is 0 Å². The number of hydrogen-bond acceptors (Lipinski definition) is 2. The number of piperidine rings is 1. The van der Waals surface area contributed by atoms with Gasteiger partial charge in [0.05, 0.1) is 0 Å². The van der Waals surface area contributed by atoms with Crippen molar-refractivity contribution < 1.29 is 4.79 Å². The summed E-state index contributed by atoms with van der Waals surface area (Å²) in [5.74, 6) is 1.06. The summed E-state index contributed by atoms with van der Waals surface area (Å²) >= 11 is 0. The van der Waals surface area contributed by atoms with E-state index in [-0.39, 0.29) is 0 Å². The average Bonchev–Trinajstić information content (AvgIpc) is 2.03. The van der Waals surface area contributed by atoms with E-state index >= 15 is 0 Å². The van der Waals surface area contributed by atoms with E-state index in [1.165, 1.54) is 0 Å². The summed E-state index contributed by atoms with van der Waals surface area (Å²) < 4.78 is 0. The summed E-state index contributed by atoms with van der Waals surface area (Å²) in [7, 11) is 0. The minimum absolute atomic E-state index is 0.425. The number of Topliss-reactive ketones (excluding diaryl/α,β-unsaturated/α-hetero) is 1. The SMILES string of the molecule is CCC(C)C1CC(=O)CCN1. The van der Waals surface area contributed by atoms with Gasteiger partial charge in [-0.15, -0.1) is 0 Å². The highest BCUT2D eigenvalue weighted by Crippen LogP contribution is 2.14. The molecule has 1 saturated heterocycles. The number of carbonyl (C=O) groups excluding carboxylic acids is 1. The Bertz CT molecular complexity index is 144. The quantitative estimate of drug-likeness (QED) is 0.652. The molecular weight excluding hydrogens is 138 g/mol. The third-order valence-electron chi connectivity index (χ3n) is 2.59. The zero-order chi connectivity index (χ0) is 8.27. The van der Waals surface area contributed by atoms with E-state index < -0.39 is 0 Å². The lowest BCUT2D eigenvalue weighted by molar-refractivity contribution is -0.121. The Kier molecular flexibility index (Phi) is 3.06. The van der Waals surface area contributed by atoms with Crippen molar-refractivity contribution in [3.05, 3.63) is 0 Å². The van der Waals surface area contributed by atoms with Gasteiger partial charge in [-0.05, 0) is 5.92 Å². The van der Waals surface area contributed by atoms with Gasteiger partial charge in [0, 0.05) is 25.4 Å². The summed E-state index contributed by atoms with van der Waals surface area (Å²) in [5.41, 5.74) is 0. The molecule has 0 aromatic carbocycles. The fraction of sp³-hybridized carbons (Fsp3) is 0.889. The van der Waals surface area contributed by atoms with Crippen LogP contribution in [0.2, 0.25) is 0 Å². The lowest BCUT2D eigenvalue weighted by atomic mass is 9.91. The molecule has 64 valence electrons. The topological polar surface area (TPSA) is 29.1 Å². The van der Waals surface area contributed by atoms with Crippen LogP contribution in [0.15, 0.2) is 0 Å². The predicted molar refractivity (Wildman–Crippen MR) is 45.5 cm³/mol. The van der Waals surface area contributed by atoms with Crippen LogP contribution in [0.5, 0.6) is 0 Å². The summed E-state index contributed by atoms with van der Waals surface area (Å²) in [5, 5.41) is 3.38. The minimum atomic E-state index is 0.425. The second-order valence-electron chi connectivity index (χ2n) is 3.44. The highest BCUT2D eigenvalue weighted by Gasteiger charge is 2.22. The molecule has 0 radical (unpaired) electrons. The molecular formula is C9H17NO. The first-order valence-corrected chi connectivity index (χ1v) is 4.49. The number of rotatable bonds is 2. The van der Waals surface area contributed by atoms with Crippen molar-refractivity contribution in [3.63, 3.8) is 0 Å². The molecule has 0 aromatic heterocycles. The molecule has 2 heteroatoms. The van der Waals surface area contributed by atoms with Crippen LogP contribution in [0.3, 0.4) is 0 Å². The highest BCUT2D eigenvalue weighted by molar-refractivity contribution is 5.80. The monoisotopic (exact) mass is 155 g/mol. The lowest BCUT2D eigenvalue weighted by Gasteiger charge is -2.27. The molecule has 1 aliphatic rings. The van der Waals surface area contributed by atoms with Crippen LogP contribution in [0.1, 0.15) is 33.1 Å². The molecule has 2 atom stereocenters. The van der Waals surface area contributed by atoms with Crippen LogP contribution in [0.4, 0.5) is 0 Å². The highest BCUT2D eigenvalue weighted by atomic mass is 16.1. The Balaban J connectivity index is 2.39. The van der Waals surface area contributed by atoms with Crippen molar-refractivity contribution in [1.82, 2.24) is 5.32 Å². The maximum absolute atomic E-state index is 11.1. The van der Waals surface area contributed by atoms with E-state index in [0.29, 0.717) is 17.7 Å². The van der Waals surface area contributed by atoms with Crippen LogP contribution >= 0.6 is 0 Å². The molecule has 1 aliphatic heterocycles. The number of nitrogens with one attached hydrogen (secondary N) is 1. The zero-order valence-corrected chi connectivity index (χ0v) is 7.39. The molecule has 0 amide bonds. The van der Waals surface area contributed by atoms with Gasteiger partial charge in [-0.2, -0.15) is 0 Å². The first kappa shape index (κ1) is 8.72. The van der Waals surface area contributed by atoms with Crippen LogP contribution in [-0.2, 0) is 4.79 Å². The zero-order valence-electron chi connectivity index (χ0n) is 7.39. The van der Waals surface area contributed by atoms with Gasteiger partial charge in [-0.3, -0.25) is 4.79 Å². The molecule has 0 saturated carbocycles. The Hall–Kier alpha value is -0.370. The maximum atomic E-state index is 11.1. The number of ketones is 1. The maximum Gasteiger partial charge on any atom is 0.135 e. The molecule has 1 rings (SSSR count). The van der Waals surface area contributed by atoms with Gasteiger partial charge in [-0.25, -0.2) is 0 Å². The van der Waals surface area contributed by atoms with Gasteiger partial charge in [0.1, 0.15) is 5.78 Å². The number of hydrogen-bond donors (Lipinski definition) is 1. The average molecular weight is 155 g/mol. The largest absolute Gasteiger partial charge is 0.313 e. The smallest absolute Gasteiger partial charge is 0.135 e. The van der Waals surface area contributed by atoms with Crippen molar-refractivity contribution in [2.24, 2.45) is 5.92 Å². The van der Waals surface area contributed by atoms with E-state index in [0.717, 1.165) is 25.8 Å². The molecule has 0 bridgehead atoms.